The van der Waals surface area contributed by atoms with Crippen molar-refractivity contribution in [2.75, 3.05) is 26.4 Å². The van der Waals surface area contributed by atoms with Gasteiger partial charge in [-0.3, -0.25) is 4.52 Å². The molecule has 6 nitrogen and oxygen atoms in total. The van der Waals surface area contributed by atoms with Gasteiger partial charge >= 0.3 is 14.6 Å². The topological polar surface area (TPSA) is 77.4 Å². The summed E-state index contributed by atoms with van der Waals surface area (Å²) in [6, 6.07) is 0. The second-order valence-electron chi connectivity index (χ2n) is 2.53. The fourth-order valence-electron chi connectivity index (χ4n) is 0.995. The number of hydrogen-bond donors (Lipinski definition) is 2. The van der Waals surface area contributed by atoms with E-state index in [-0.39, 0.29) is 6.61 Å². The minimum absolute atomic E-state index is 0.00880. The molecule has 0 aromatic carbocycles. The summed E-state index contributed by atoms with van der Waals surface area (Å²) < 4.78 is 20.4. The van der Waals surface area contributed by atoms with E-state index in [1.54, 1.807) is 13.8 Å². The quantitative estimate of drug-likeness (QED) is 0.463. The maximum atomic E-state index is 8.82. The smallest absolute Gasteiger partial charge is 0.331 e. The zero-order valence-electron chi connectivity index (χ0n) is 9.30. The monoisotopic (exact) mass is 242 g/mol. The summed E-state index contributed by atoms with van der Waals surface area (Å²) >= 11 is 0. The van der Waals surface area contributed by atoms with Crippen LogP contribution >= 0.6 is 8.60 Å². The van der Waals surface area contributed by atoms with Crippen molar-refractivity contribution in [2.45, 2.75) is 26.7 Å². The Labute approximate surface area is 91.1 Å². The molecule has 0 aromatic heterocycles. The molecule has 0 aliphatic carbocycles. The van der Waals surface area contributed by atoms with Crippen LogP contribution in [0.3, 0.4) is 0 Å². The van der Waals surface area contributed by atoms with Gasteiger partial charge in [0.25, 0.3) is 0 Å². The molecule has 15 heavy (non-hydrogen) atoms. The molecule has 0 atom stereocenters. The molecule has 7 heteroatoms. The van der Waals surface area contributed by atoms with Crippen molar-refractivity contribution in [2.24, 2.45) is 0 Å². The van der Waals surface area contributed by atoms with Crippen LogP contribution < -0.4 is 0 Å². The largest absolute Gasteiger partial charge is 0.373 e. The van der Waals surface area contributed by atoms with E-state index in [2.05, 4.69) is 0 Å². The third-order valence-corrected chi connectivity index (χ3v) is 1.87. The number of rotatable bonds is 9. The maximum Gasteiger partial charge on any atom is 0.331 e. The highest BCUT2D eigenvalue weighted by Crippen LogP contribution is 2.34. The van der Waals surface area contributed by atoms with Crippen LogP contribution in [0.5, 0.6) is 0 Å². The molecule has 0 radical (unpaired) electrons. The van der Waals surface area contributed by atoms with E-state index >= 15 is 0 Å². The van der Waals surface area contributed by atoms with Gasteiger partial charge in [0.2, 0.25) is 0 Å². The predicted molar refractivity (Wildman–Crippen MR) is 54.9 cm³/mol. The van der Waals surface area contributed by atoms with Gasteiger partial charge in [-0.05, 0) is 20.8 Å². The van der Waals surface area contributed by atoms with Gasteiger partial charge in [0.15, 0.2) is 0 Å². The molecule has 0 aromatic rings. The molecule has 0 aliphatic heterocycles. The van der Waals surface area contributed by atoms with E-state index in [1.165, 1.54) is 0 Å². The zero-order chi connectivity index (χ0) is 11.7. The van der Waals surface area contributed by atoms with Gasteiger partial charge in [-0.15, -0.1) is 0 Å². The van der Waals surface area contributed by atoms with Gasteiger partial charge in [-0.1, -0.05) is 0 Å². The minimum atomic E-state index is -2.56. The van der Waals surface area contributed by atoms with Crippen molar-refractivity contribution in [3.63, 3.8) is 0 Å². The van der Waals surface area contributed by atoms with Crippen LogP contribution in [0.4, 0.5) is 0 Å². The molecular weight excluding hydrogens is 223 g/mol. The van der Waals surface area contributed by atoms with Crippen LogP contribution in [-0.4, -0.2) is 42.2 Å². The highest BCUT2D eigenvalue weighted by Gasteiger charge is 2.36. The molecule has 0 spiro atoms. The van der Waals surface area contributed by atoms with E-state index in [0.717, 1.165) is 0 Å². The molecule has 0 fully saturated rings. The minimum Gasteiger partial charge on any atom is -0.373 e. The Balaban J connectivity index is 4.40. The van der Waals surface area contributed by atoms with Crippen molar-refractivity contribution in [3.8, 4) is 0 Å². The summed E-state index contributed by atoms with van der Waals surface area (Å²) in [6.07, 6.45) is 0. The van der Waals surface area contributed by atoms with Crippen molar-refractivity contribution < 1.29 is 28.5 Å². The molecule has 2 N–H and O–H groups in total. The van der Waals surface area contributed by atoms with Crippen molar-refractivity contribution >= 4 is 8.60 Å². The van der Waals surface area contributed by atoms with Gasteiger partial charge < -0.3 is 24.0 Å². The Kier molecular flexibility index (Phi) is 8.46. The van der Waals surface area contributed by atoms with Gasteiger partial charge in [-0.2, -0.15) is 0 Å². The third kappa shape index (κ3) is 6.37. The highest BCUT2D eigenvalue weighted by atomic mass is 31.2. The van der Waals surface area contributed by atoms with Crippen LogP contribution in [0.2, 0.25) is 0 Å². The van der Waals surface area contributed by atoms with Gasteiger partial charge in [-0.25, -0.2) is 0 Å². The van der Waals surface area contributed by atoms with E-state index in [4.69, 9.17) is 28.5 Å². The standard InChI is InChI=1S/C8H19O6P/c1-4-11-7-8(12-5-2,13-6-3)14-15(9)10/h9-10H,4-7H2,1-3H3. The van der Waals surface area contributed by atoms with Gasteiger partial charge in [0.1, 0.15) is 6.61 Å². The molecule has 0 unspecified atom stereocenters. The van der Waals surface area contributed by atoms with Crippen LogP contribution in [0, 0.1) is 0 Å². The average molecular weight is 242 g/mol. The average Bonchev–Trinajstić information content (AvgIpc) is 2.14. The molecule has 0 rings (SSSR count). The molecule has 0 saturated carbocycles. The van der Waals surface area contributed by atoms with E-state index in [9.17, 15) is 0 Å². The first-order chi connectivity index (χ1) is 7.10. The Morgan fingerprint density at radius 1 is 1.00 bits per heavy atom. The van der Waals surface area contributed by atoms with Gasteiger partial charge in [0, 0.05) is 19.8 Å². The number of ether oxygens (including phenoxy) is 3. The summed E-state index contributed by atoms with van der Waals surface area (Å²) in [4.78, 5) is 17.6. The highest BCUT2D eigenvalue weighted by molar-refractivity contribution is 7.39. The molecular formula is C8H19O6P. The van der Waals surface area contributed by atoms with Crippen molar-refractivity contribution in [1.82, 2.24) is 0 Å². The Morgan fingerprint density at radius 2 is 1.53 bits per heavy atom. The molecule has 92 valence electrons. The normalized spacial score (nSPS) is 12.4. The van der Waals surface area contributed by atoms with E-state index in [1.807, 2.05) is 6.92 Å². The Morgan fingerprint density at radius 3 is 1.87 bits per heavy atom. The lowest BCUT2D eigenvalue weighted by atomic mass is 10.5. The van der Waals surface area contributed by atoms with E-state index < -0.39 is 14.6 Å². The lowest BCUT2D eigenvalue weighted by Gasteiger charge is -2.31. The van der Waals surface area contributed by atoms with Crippen LogP contribution in [-0.2, 0) is 18.7 Å². The molecule has 0 amide bonds. The van der Waals surface area contributed by atoms with Gasteiger partial charge in [0.05, 0.1) is 0 Å². The number of hydrogen-bond acceptors (Lipinski definition) is 6. The summed E-state index contributed by atoms with van der Waals surface area (Å²) in [5.41, 5.74) is 0. The summed E-state index contributed by atoms with van der Waals surface area (Å²) in [5, 5.41) is 0. The first-order valence-corrected chi connectivity index (χ1v) is 5.99. The second kappa shape index (κ2) is 8.35. The summed E-state index contributed by atoms with van der Waals surface area (Å²) in [6.45, 7) is 6.39. The predicted octanol–water partition coefficient (Wildman–Crippen LogP) is 0.978. The van der Waals surface area contributed by atoms with Crippen molar-refractivity contribution in [3.05, 3.63) is 0 Å². The molecule has 0 saturated heterocycles. The fourth-order valence-corrected chi connectivity index (χ4v) is 1.40. The zero-order valence-corrected chi connectivity index (χ0v) is 10.2. The van der Waals surface area contributed by atoms with E-state index in [0.29, 0.717) is 19.8 Å². The molecule has 0 bridgehead atoms. The lowest BCUT2D eigenvalue weighted by Crippen LogP contribution is -2.42. The Hall–Kier alpha value is 0.190. The first-order valence-electron chi connectivity index (χ1n) is 4.82. The lowest BCUT2D eigenvalue weighted by molar-refractivity contribution is -0.359. The Bertz CT molecular complexity index is 148. The van der Waals surface area contributed by atoms with Crippen LogP contribution in [0.1, 0.15) is 20.8 Å². The summed E-state index contributed by atoms with van der Waals surface area (Å²) in [5.74, 6) is -1.52. The SMILES string of the molecule is CCOCC(OCC)(OCC)OP(O)O. The molecule has 0 heterocycles. The summed E-state index contributed by atoms with van der Waals surface area (Å²) in [7, 11) is -2.56. The fraction of sp³-hybridized carbons (Fsp3) is 1.00. The van der Waals surface area contributed by atoms with Crippen LogP contribution in [0.25, 0.3) is 0 Å². The van der Waals surface area contributed by atoms with Crippen molar-refractivity contribution in [1.29, 1.82) is 0 Å². The molecule has 0 aliphatic rings. The second-order valence-corrected chi connectivity index (χ2v) is 3.22. The third-order valence-electron chi connectivity index (χ3n) is 1.43. The van der Waals surface area contributed by atoms with Crippen LogP contribution in [0.15, 0.2) is 0 Å². The first kappa shape index (κ1) is 15.2. The maximum absolute atomic E-state index is 8.82.